The van der Waals surface area contributed by atoms with E-state index < -0.39 is 0 Å². The molecule has 2 amide bonds. The van der Waals surface area contributed by atoms with Crippen molar-refractivity contribution < 1.29 is 9.59 Å². The summed E-state index contributed by atoms with van der Waals surface area (Å²) in [6.45, 7) is 20.0. The third-order valence-electron chi connectivity index (χ3n) is 7.82. The molecule has 0 bridgehead atoms. The predicted octanol–water partition coefficient (Wildman–Crippen LogP) is 3.64. The standard InChI is InChI=1S/C29H57N5O2/c1-24(2)32-28(36)13-23-34-20-10-26(11-21-34)25-8-18-33(19-9-25)22-12-27(35)31-17-7-16-30-15-6-14-29(3,4)5/h24-26,30H,6-23H2,1-5H3,(H,31,35)(H,32,36). The predicted molar refractivity (Wildman–Crippen MR) is 150 cm³/mol. The van der Waals surface area contributed by atoms with Gasteiger partial charge < -0.3 is 25.8 Å². The van der Waals surface area contributed by atoms with Crippen molar-refractivity contribution in [1.82, 2.24) is 25.8 Å². The lowest BCUT2D eigenvalue weighted by Crippen LogP contribution is -2.42. The van der Waals surface area contributed by atoms with E-state index in [9.17, 15) is 9.59 Å². The van der Waals surface area contributed by atoms with Crippen molar-refractivity contribution in [1.29, 1.82) is 0 Å². The van der Waals surface area contributed by atoms with Crippen molar-refractivity contribution in [2.24, 2.45) is 17.3 Å². The van der Waals surface area contributed by atoms with Crippen molar-refractivity contribution in [3.63, 3.8) is 0 Å². The molecule has 2 heterocycles. The first kappa shape index (κ1) is 31.0. The van der Waals surface area contributed by atoms with Gasteiger partial charge in [0.15, 0.2) is 0 Å². The summed E-state index contributed by atoms with van der Waals surface area (Å²) in [5, 5.41) is 9.57. The normalized spacial score (nSPS) is 19.1. The first-order valence-corrected chi connectivity index (χ1v) is 14.8. The number of rotatable bonds is 15. The molecule has 7 heteroatoms. The van der Waals surface area contributed by atoms with Crippen LogP contribution in [0, 0.1) is 17.3 Å². The summed E-state index contributed by atoms with van der Waals surface area (Å²) in [5.41, 5.74) is 0.414. The van der Waals surface area contributed by atoms with Gasteiger partial charge in [0.2, 0.25) is 11.8 Å². The average Bonchev–Trinajstić information content (AvgIpc) is 2.82. The van der Waals surface area contributed by atoms with Crippen molar-refractivity contribution in [2.75, 3.05) is 58.9 Å². The summed E-state index contributed by atoms with van der Waals surface area (Å²) in [6, 6.07) is 0.226. The van der Waals surface area contributed by atoms with Gasteiger partial charge in [-0.25, -0.2) is 0 Å². The maximum absolute atomic E-state index is 12.2. The van der Waals surface area contributed by atoms with Crippen LogP contribution in [0.3, 0.4) is 0 Å². The minimum absolute atomic E-state index is 0.173. The molecule has 7 nitrogen and oxygen atoms in total. The number of piperidine rings is 2. The second-order valence-electron chi connectivity index (χ2n) is 12.7. The highest BCUT2D eigenvalue weighted by molar-refractivity contribution is 5.76. The first-order valence-electron chi connectivity index (χ1n) is 14.8. The largest absolute Gasteiger partial charge is 0.356 e. The van der Waals surface area contributed by atoms with Crippen LogP contribution in [0.25, 0.3) is 0 Å². The van der Waals surface area contributed by atoms with Crippen LogP contribution in [-0.4, -0.2) is 86.6 Å². The van der Waals surface area contributed by atoms with Gasteiger partial charge in [0.1, 0.15) is 0 Å². The van der Waals surface area contributed by atoms with Crippen molar-refractivity contribution in [3.8, 4) is 0 Å². The molecule has 0 aromatic heterocycles. The molecular formula is C29H57N5O2. The summed E-state index contributed by atoms with van der Waals surface area (Å²) in [5.74, 6) is 2.03. The average molecular weight is 508 g/mol. The van der Waals surface area contributed by atoms with Crippen molar-refractivity contribution in [3.05, 3.63) is 0 Å². The van der Waals surface area contributed by atoms with Crippen LogP contribution in [0.15, 0.2) is 0 Å². The Balaban J connectivity index is 1.46. The SMILES string of the molecule is CC(C)NC(=O)CCN1CCC(C2CCN(CCC(=O)NCCCNCCCC(C)(C)C)CC2)CC1. The molecule has 2 aliphatic heterocycles. The van der Waals surface area contributed by atoms with Crippen LogP contribution in [0.4, 0.5) is 0 Å². The molecule has 0 radical (unpaired) electrons. The van der Waals surface area contributed by atoms with Crippen LogP contribution in [0.5, 0.6) is 0 Å². The van der Waals surface area contributed by atoms with E-state index in [2.05, 4.69) is 46.5 Å². The van der Waals surface area contributed by atoms with Gasteiger partial charge in [0.05, 0.1) is 0 Å². The Labute approximate surface area is 221 Å². The number of amides is 2. The second kappa shape index (κ2) is 16.6. The van der Waals surface area contributed by atoms with Gasteiger partial charge in [-0.2, -0.15) is 0 Å². The van der Waals surface area contributed by atoms with Crippen molar-refractivity contribution >= 4 is 11.8 Å². The van der Waals surface area contributed by atoms with E-state index in [1.54, 1.807) is 0 Å². The van der Waals surface area contributed by atoms with E-state index in [1.165, 1.54) is 38.5 Å². The van der Waals surface area contributed by atoms with Crippen LogP contribution in [0.2, 0.25) is 0 Å². The van der Waals surface area contributed by atoms with Crippen LogP contribution < -0.4 is 16.0 Å². The van der Waals surface area contributed by atoms with Gasteiger partial charge in [-0.05, 0) is 115 Å². The summed E-state index contributed by atoms with van der Waals surface area (Å²) in [6.07, 6.45) is 9.76. The lowest BCUT2D eigenvalue weighted by molar-refractivity contribution is -0.122. The van der Waals surface area contributed by atoms with E-state index in [4.69, 9.17) is 0 Å². The zero-order valence-electron chi connectivity index (χ0n) is 24.2. The number of nitrogens with one attached hydrogen (secondary N) is 3. The molecule has 36 heavy (non-hydrogen) atoms. The molecule has 0 aliphatic carbocycles. The zero-order valence-corrected chi connectivity index (χ0v) is 24.2. The smallest absolute Gasteiger partial charge is 0.221 e. The number of hydrogen-bond acceptors (Lipinski definition) is 5. The molecule has 0 atom stereocenters. The second-order valence-corrected chi connectivity index (χ2v) is 12.7. The molecule has 0 spiro atoms. The minimum Gasteiger partial charge on any atom is -0.356 e. The van der Waals surface area contributed by atoms with Gasteiger partial charge in [0.25, 0.3) is 0 Å². The molecule has 2 fully saturated rings. The Morgan fingerprint density at radius 2 is 1.28 bits per heavy atom. The fourth-order valence-corrected chi connectivity index (χ4v) is 5.61. The summed E-state index contributed by atoms with van der Waals surface area (Å²) in [7, 11) is 0. The highest BCUT2D eigenvalue weighted by atomic mass is 16.2. The number of carbonyl (C=O) groups is 2. The Morgan fingerprint density at radius 1 is 0.778 bits per heavy atom. The lowest BCUT2D eigenvalue weighted by Gasteiger charge is -2.40. The van der Waals surface area contributed by atoms with E-state index in [0.29, 0.717) is 18.3 Å². The fraction of sp³-hybridized carbons (Fsp3) is 0.931. The van der Waals surface area contributed by atoms with Gasteiger partial charge in [-0.1, -0.05) is 20.8 Å². The number of hydrogen-bond donors (Lipinski definition) is 3. The lowest BCUT2D eigenvalue weighted by atomic mass is 9.79. The monoisotopic (exact) mass is 507 g/mol. The van der Waals surface area contributed by atoms with E-state index in [1.807, 2.05) is 13.8 Å². The quantitative estimate of drug-likeness (QED) is 0.295. The molecule has 2 rings (SSSR count). The summed E-state index contributed by atoms with van der Waals surface area (Å²) < 4.78 is 0. The van der Waals surface area contributed by atoms with Gasteiger partial charge in [0, 0.05) is 38.5 Å². The highest BCUT2D eigenvalue weighted by Gasteiger charge is 2.29. The maximum atomic E-state index is 12.2. The van der Waals surface area contributed by atoms with E-state index in [-0.39, 0.29) is 17.9 Å². The molecule has 0 unspecified atom stereocenters. The highest BCUT2D eigenvalue weighted by Crippen LogP contribution is 2.32. The molecule has 210 valence electrons. The first-order chi connectivity index (χ1) is 17.1. The minimum atomic E-state index is 0.173. The third-order valence-corrected chi connectivity index (χ3v) is 7.82. The third kappa shape index (κ3) is 13.9. The van der Waals surface area contributed by atoms with Crippen LogP contribution >= 0.6 is 0 Å². The Morgan fingerprint density at radius 3 is 1.78 bits per heavy atom. The molecule has 2 aliphatic rings. The maximum Gasteiger partial charge on any atom is 0.221 e. The van der Waals surface area contributed by atoms with Crippen molar-refractivity contribution in [2.45, 2.75) is 98.4 Å². The van der Waals surface area contributed by atoms with Crippen LogP contribution in [0.1, 0.15) is 92.4 Å². The van der Waals surface area contributed by atoms with Gasteiger partial charge >= 0.3 is 0 Å². The summed E-state index contributed by atoms with van der Waals surface area (Å²) >= 11 is 0. The molecule has 0 aromatic carbocycles. The zero-order chi connectivity index (χ0) is 26.4. The van der Waals surface area contributed by atoms with E-state index >= 15 is 0 Å². The number of likely N-dealkylation sites (tertiary alicyclic amines) is 2. The molecule has 0 saturated carbocycles. The summed E-state index contributed by atoms with van der Waals surface area (Å²) in [4.78, 5) is 29.1. The molecule has 0 aromatic rings. The fourth-order valence-electron chi connectivity index (χ4n) is 5.61. The van der Waals surface area contributed by atoms with E-state index in [0.717, 1.165) is 77.2 Å². The molecule has 2 saturated heterocycles. The number of carbonyl (C=O) groups excluding carboxylic acids is 2. The Kier molecular flexibility index (Phi) is 14.3. The Hall–Kier alpha value is -1.18. The topological polar surface area (TPSA) is 76.7 Å². The van der Waals surface area contributed by atoms with Gasteiger partial charge in [-0.3, -0.25) is 9.59 Å². The molecule has 3 N–H and O–H groups in total. The molecular weight excluding hydrogens is 450 g/mol. The Bertz CT molecular complexity index is 618. The van der Waals surface area contributed by atoms with Gasteiger partial charge in [-0.15, -0.1) is 0 Å². The number of nitrogens with zero attached hydrogens (tertiary/aromatic N) is 2. The van der Waals surface area contributed by atoms with Crippen LogP contribution in [-0.2, 0) is 9.59 Å².